The number of thiazole rings is 1. The van der Waals surface area contributed by atoms with Crippen LogP contribution in [0.15, 0.2) is 47.8 Å². The summed E-state index contributed by atoms with van der Waals surface area (Å²) in [5.41, 5.74) is 2.67. The van der Waals surface area contributed by atoms with E-state index in [0.717, 1.165) is 22.6 Å². The standard InChI is InChI=1S/C21H22N2O4S/c1-25-17-7-5-4-6-15(17)16-13-28-21(22-16)23-20(24)11-9-14-8-10-18(26-2)19(12-14)27-3/h4-8,10,12-13H,9,11H2,1-3H3,(H,22,23,24). The first kappa shape index (κ1) is 19.7. The lowest BCUT2D eigenvalue weighted by Gasteiger charge is -2.09. The predicted octanol–water partition coefficient (Wildman–Crippen LogP) is 4.41. The lowest BCUT2D eigenvalue weighted by molar-refractivity contribution is -0.116. The van der Waals surface area contributed by atoms with Gasteiger partial charge < -0.3 is 19.5 Å². The van der Waals surface area contributed by atoms with Gasteiger partial charge in [0.2, 0.25) is 5.91 Å². The smallest absolute Gasteiger partial charge is 0.226 e. The zero-order chi connectivity index (χ0) is 19.9. The number of rotatable bonds is 8. The van der Waals surface area contributed by atoms with E-state index in [1.807, 2.05) is 47.8 Å². The molecule has 0 unspecified atom stereocenters. The number of para-hydroxylation sites is 1. The zero-order valence-corrected chi connectivity index (χ0v) is 16.8. The minimum Gasteiger partial charge on any atom is -0.496 e. The molecule has 1 aromatic heterocycles. The lowest BCUT2D eigenvalue weighted by Crippen LogP contribution is -2.12. The van der Waals surface area contributed by atoms with Crippen LogP contribution in [0.25, 0.3) is 11.3 Å². The van der Waals surface area contributed by atoms with Gasteiger partial charge in [-0.25, -0.2) is 4.98 Å². The van der Waals surface area contributed by atoms with Crippen molar-refractivity contribution in [3.63, 3.8) is 0 Å². The van der Waals surface area contributed by atoms with Crippen molar-refractivity contribution in [2.75, 3.05) is 26.6 Å². The Bertz CT molecular complexity index is 955. The number of nitrogens with zero attached hydrogens (tertiary/aromatic N) is 1. The molecule has 3 aromatic rings. The number of methoxy groups -OCH3 is 3. The molecule has 3 rings (SSSR count). The Balaban J connectivity index is 1.61. The highest BCUT2D eigenvalue weighted by Crippen LogP contribution is 2.32. The van der Waals surface area contributed by atoms with E-state index in [-0.39, 0.29) is 5.91 Å². The minimum atomic E-state index is -0.0873. The SMILES string of the molecule is COc1ccc(CCC(=O)Nc2nc(-c3ccccc3OC)cs2)cc1OC. The first-order valence-corrected chi connectivity index (χ1v) is 9.62. The first-order chi connectivity index (χ1) is 13.6. The number of carbonyl (C=O) groups is 1. The van der Waals surface area contributed by atoms with Crippen molar-refractivity contribution in [3.05, 3.63) is 53.4 Å². The summed E-state index contributed by atoms with van der Waals surface area (Å²) in [4.78, 5) is 16.8. The highest BCUT2D eigenvalue weighted by Gasteiger charge is 2.12. The monoisotopic (exact) mass is 398 g/mol. The normalized spacial score (nSPS) is 10.4. The van der Waals surface area contributed by atoms with Crippen molar-refractivity contribution in [2.45, 2.75) is 12.8 Å². The van der Waals surface area contributed by atoms with Crippen LogP contribution < -0.4 is 19.5 Å². The molecule has 0 fully saturated rings. The van der Waals surface area contributed by atoms with Gasteiger partial charge >= 0.3 is 0 Å². The molecule has 0 bridgehead atoms. The fraction of sp³-hybridized carbons (Fsp3) is 0.238. The average molecular weight is 398 g/mol. The maximum absolute atomic E-state index is 12.3. The molecule has 0 aliphatic heterocycles. The summed E-state index contributed by atoms with van der Waals surface area (Å²) in [7, 11) is 4.82. The number of nitrogens with one attached hydrogen (secondary N) is 1. The van der Waals surface area contributed by atoms with Gasteiger partial charge in [-0.05, 0) is 36.2 Å². The van der Waals surface area contributed by atoms with E-state index in [9.17, 15) is 4.79 Å². The molecule has 146 valence electrons. The molecular weight excluding hydrogens is 376 g/mol. The molecule has 0 atom stereocenters. The van der Waals surface area contributed by atoms with E-state index in [1.165, 1.54) is 11.3 Å². The molecule has 0 saturated carbocycles. The molecule has 0 radical (unpaired) electrons. The zero-order valence-electron chi connectivity index (χ0n) is 16.0. The molecule has 2 aromatic carbocycles. The number of anilines is 1. The maximum atomic E-state index is 12.3. The highest BCUT2D eigenvalue weighted by atomic mass is 32.1. The van der Waals surface area contributed by atoms with Crippen LogP contribution in [0.1, 0.15) is 12.0 Å². The number of benzene rings is 2. The van der Waals surface area contributed by atoms with Gasteiger partial charge in [-0.2, -0.15) is 0 Å². The van der Waals surface area contributed by atoms with Crippen molar-refractivity contribution in [1.29, 1.82) is 0 Å². The second-order valence-corrected chi connectivity index (χ2v) is 6.83. The van der Waals surface area contributed by atoms with Crippen molar-refractivity contribution < 1.29 is 19.0 Å². The second-order valence-electron chi connectivity index (χ2n) is 5.98. The van der Waals surface area contributed by atoms with Crippen LogP contribution >= 0.6 is 11.3 Å². The van der Waals surface area contributed by atoms with Crippen molar-refractivity contribution in [3.8, 4) is 28.5 Å². The number of hydrogen-bond donors (Lipinski definition) is 1. The van der Waals surface area contributed by atoms with Crippen LogP contribution in [0.4, 0.5) is 5.13 Å². The lowest BCUT2D eigenvalue weighted by atomic mass is 10.1. The Kier molecular flexibility index (Phi) is 6.49. The quantitative estimate of drug-likeness (QED) is 0.609. The summed E-state index contributed by atoms with van der Waals surface area (Å²) in [6.07, 6.45) is 0.940. The molecule has 7 heteroatoms. The Morgan fingerprint density at radius 3 is 2.50 bits per heavy atom. The van der Waals surface area contributed by atoms with Crippen LogP contribution in [0.2, 0.25) is 0 Å². The van der Waals surface area contributed by atoms with E-state index in [0.29, 0.717) is 29.5 Å². The maximum Gasteiger partial charge on any atom is 0.226 e. The number of carbonyl (C=O) groups excluding carboxylic acids is 1. The third-order valence-corrected chi connectivity index (χ3v) is 4.98. The molecule has 28 heavy (non-hydrogen) atoms. The van der Waals surface area contributed by atoms with E-state index in [1.54, 1.807) is 21.3 Å². The highest BCUT2D eigenvalue weighted by molar-refractivity contribution is 7.14. The molecule has 0 aliphatic carbocycles. The molecule has 0 saturated heterocycles. The van der Waals surface area contributed by atoms with Crippen molar-refractivity contribution in [1.82, 2.24) is 4.98 Å². The van der Waals surface area contributed by atoms with Gasteiger partial charge in [0, 0.05) is 17.4 Å². The van der Waals surface area contributed by atoms with Gasteiger partial charge in [0.15, 0.2) is 16.6 Å². The molecular formula is C21H22N2O4S. The molecule has 0 aliphatic rings. The molecule has 0 spiro atoms. The fourth-order valence-electron chi connectivity index (χ4n) is 2.79. The number of ether oxygens (including phenoxy) is 3. The average Bonchev–Trinajstić information content (AvgIpc) is 3.20. The minimum absolute atomic E-state index is 0.0873. The van der Waals surface area contributed by atoms with Crippen LogP contribution in [0.5, 0.6) is 17.2 Å². The van der Waals surface area contributed by atoms with Gasteiger partial charge in [0.05, 0.1) is 27.0 Å². The summed E-state index contributed by atoms with van der Waals surface area (Å²) >= 11 is 1.39. The summed E-state index contributed by atoms with van der Waals surface area (Å²) in [5, 5.41) is 5.34. The van der Waals surface area contributed by atoms with Crippen molar-refractivity contribution >= 4 is 22.4 Å². The Hall–Kier alpha value is -3.06. The summed E-state index contributed by atoms with van der Waals surface area (Å²) in [6, 6.07) is 13.3. The summed E-state index contributed by atoms with van der Waals surface area (Å²) in [6.45, 7) is 0. The molecule has 1 N–H and O–H groups in total. The van der Waals surface area contributed by atoms with Gasteiger partial charge in [-0.15, -0.1) is 11.3 Å². The topological polar surface area (TPSA) is 69.7 Å². The predicted molar refractivity (Wildman–Crippen MR) is 111 cm³/mol. The number of amides is 1. The van der Waals surface area contributed by atoms with E-state index >= 15 is 0 Å². The van der Waals surface area contributed by atoms with Gasteiger partial charge in [-0.1, -0.05) is 18.2 Å². The van der Waals surface area contributed by atoms with E-state index in [2.05, 4.69) is 10.3 Å². The third kappa shape index (κ3) is 4.61. The first-order valence-electron chi connectivity index (χ1n) is 8.74. The third-order valence-electron chi connectivity index (χ3n) is 4.22. The number of hydrogen-bond acceptors (Lipinski definition) is 6. The molecule has 1 heterocycles. The summed E-state index contributed by atoms with van der Waals surface area (Å²) < 4.78 is 15.9. The number of aromatic nitrogens is 1. The number of aryl methyl sites for hydroxylation is 1. The van der Waals surface area contributed by atoms with Crippen LogP contribution in [0, 0.1) is 0 Å². The van der Waals surface area contributed by atoms with Crippen LogP contribution in [0.3, 0.4) is 0 Å². The summed E-state index contributed by atoms with van der Waals surface area (Å²) in [5.74, 6) is 1.99. The molecule has 1 amide bonds. The van der Waals surface area contributed by atoms with Gasteiger partial charge in [-0.3, -0.25) is 4.79 Å². The fourth-order valence-corrected chi connectivity index (χ4v) is 3.51. The van der Waals surface area contributed by atoms with E-state index < -0.39 is 0 Å². The Morgan fingerprint density at radius 1 is 1.00 bits per heavy atom. The largest absolute Gasteiger partial charge is 0.496 e. The van der Waals surface area contributed by atoms with E-state index in [4.69, 9.17) is 14.2 Å². The van der Waals surface area contributed by atoms with Gasteiger partial charge in [0.1, 0.15) is 5.75 Å². The Labute approximate surface area is 168 Å². The molecule has 6 nitrogen and oxygen atoms in total. The van der Waals surface area contributed by atoms with Crippen LogP contribution in [-0.4, -0.2) is 32.2 Å². The van der Waals surface area contributed by atoms with Crippen LogP contribution in [-0.2, 0) is 11.2 Å². The van der Waals surface area contributed by atoms with Crippen molar-refractivity contribution in [2.24, 2.45) is 0 Å². The second kappa shape index (κ2) is 9.23. The van der Waals surface area contributed by atoms with Gasteiger partial charge in [0.25, 0.3) is 0 Å². The Morgan fingerprint density at radius 2 is 1.75 bits per heavy atom.